The predicted octanol–water partition coefficient (Wildman–Crippen LogP) is 4.82. The van der Waals surface area contributed by atoms with Crippen molar-refractivity contribution in [3.05, 3.63) is 75.8 Å². The van der Waals surface area contributed by atoms with E-state index in [-0.39, 0.29) is 0 Å². The molecule has 0 bridgehead atoms. The molecule has 2 atom stereocenters. The monoisotopic (exact) mass is 321 g/mol. The number of H-pyrrole nitrogens is 1. The summed E-state index contributed by atoms with van der Waals surface area (Å²) in [6.07, 6.45) is 1.13. The molecule has 1 saturated carbocycles. The second kappa shape index (κ2) is 5.46. The van der Waals surface area contributed by atoms with Crippen LogP contribution in [0.25, 0.3) is 5.69 Å². The van der Waals surface area contributed by atoms with Gasteiger partial charge in [0.05, 0.1) is 0 Å². The molecule has 4 heteroatoms. The number of hydrogen-bond acceptors (Lipinski definition) is 2. The highest BCUT2D eigenvalue weighted by atomic mass is 32.1. The third-order valence-electron chi connectivity index (χ3n) is 4.62. The lowest BCUT2D eigenvalue weighted by atomic mass is 10.1. The van der Waals surface area contributed by atoms with Crippen molar-refractivity contribution in [3.63, 3.8) is 0 Å². The fourth-order valence-corrected chi connectivity index (χ4v) is 3.41. The molecule has 23 heavy (non-hydrogen) atoms. The summed E-state index contributed by atoms with van der Waals surface area (Å²) in [5.74, 6) is 2.03. The molecule has 2 aromatic carbocycles. The molecule has 1 aliphatic carbocycles. The van der Waals surface area contributed by atoms with Gasteiger partial charge in [0.2, 0.25) is 0 Å². The molecular weight excluding hydrogens is 302 g/mol. The van der Waals surface area contributed by atoms with Crippen molar-refractivity contribution in [2.24, 2.45) is 0 Å². The molecule has 1 aromatic heterocycles. The van der Waals surface area contributed by atoms with Gasteiger partial charge >= 0.3 is 0 Å². The van der Waals surface area contributed by atoms with E-state index in [4.69, 9.17) is 12.2 Å². The van der Waals surface area contributed by atoms with E-state index in [1.54, 1.807) is 0 Å². The van der Waals surface area contributed by atoms with Gasteiger partial charge in [-0.15, -0.1) is 0 Å². The predicted molar refractivity (Wildman–Crippen MR) is 94.8 cm³/mol. The zero-order chi connectivity index (χ0) is 16.0. The lowest BCUT2D eigenvalue weighted by Crippen LogP contribution is -2.01. The molecule has 3 nitrogen and oxygen atoms in total. The molecule has 0 saturated heterocycles. The second-order valence-electron chi connectivity index (χ2n) is 6.42. The number of aromatic nitrogens is 3. The Balaban J connectivity index is 1.68. The Labute approximate surface area is 141 Å². The molecule has 3 aromatic rings. The first-order valence-corrected chi connectivity index (χ1v) is 8.35. The van der Waals surface area contributed by atoms with Crippen molar-refractivity contribution in [2.75, 3.05) is 0 Å². The van der Waals surface area contributed by atoms with Crippen LogP contribution in [0.1, 0.15) is 40.8 Å². The van der Waals surface area contributed by atoms with E-state index < -0.39 is 0 Å². The van der Waals surface area contributed by atoms with E-state index in [1.165, 1.54) is 16.7 Å². The summed E-state index contributed by atoms with van der Waals surface area (Å²) in [7, 11) is 0. The molecule has 116 valence electrons. The molecule has 0 unspecified atom stereocenters. The van der Waals surface area contributed by atoms with Crippen LogP contribution in [0.2, 0.25) is 0 Å². The normalized spacial score (nSPS) is 19.7. The van der Waals surface area contributed by atoms with Crippen molar-refractivity contribution >= 4 is 12.2 Å². The van der Waals surface area contributed by atoms with E-state index in [9.17, 15) is 0 Å². The van der Waals surface area contributed by atoms with Crippen LogP contribution in [0.4, 0.5) is 0 Å². The van der Waals surface area contributed by atoms with Crippen molar-refractivity contribution in [2.45, 2.75) is 32.1 Å². The number of nitrogens with one attached hydrogen (secondary N) is 1. The van der Waals surface area contributed by atoms with E-state index in [1.807, 2.05) is 0 Å². The Hall–Kier alpha value is -2.20. The van der Waals surface area contributed by atoms with Crippen molar-refractivity contribution < 1.29 is 0 Å². The number of hydrogen-bond donors (Lipinski definition) is 1. The quantitative estimate of drug-likeness (QED) is 0.702. The maximum atomic E-state index is 5.45. The minimum Gasteiger partial charge on any atom is -0.272 e. The summed E-state index contributed by atoms with van der Waals surface area (Å²) in [6, 6.07) is 17.3. The zero-order valence-corrected chi connectivity index (χ0v) is 14.1. The Morgan fingerprint density at radius 2 is 1.57 bits per heavy atom. The molecule has 4 rings (SSSR count). The Kier molecular flexibility index (Phi) is 3.42. The maximum absolute atomic E-state index is 5.45. The molecule has 1 aliphatic rings. The molecule has 1 fully saturated rings. The maximum Gasteiger partial charge on any atom is 0.199 e. The molecule has 0 spiro atoms. The van der Waals surface area contributed by atoms with Gasteiger partial charge in [0, 0.05) is 11.6 Å². The van der Waals surface area contributed by atoms with Gasteiger partial charge < -0.3 is 0 Å². The third-order valence-corrected chi connectivity index (χ3v) is 4.89. The van der Waals surface area contributed by atoms with Crippen molar-refractivity contribution in [3.8, 4) is 5.69 Å². The van der Waals surface area contributed by atoms with Crippen LogP contribution in [0.5, 0.6) is 0 Å². The molecule has 0 radical (unpaired) electrons. The van der Waals surface area contributed by atoms with Gasteiger partial charge in [0.1, 0.15) is 5.82 Å². The summed E-state index contributed by atoms with van der Waals surface area (Å²) in [4.78, 5) is 0. The standard InChI is InChI=1S/C19H19N3S/c1-12-3-7-14(8-4-12)16-11-17(16)18-20-21-19(23)22(18)15-9-5-13(2)6-10-15/h3-10,16-17H,11H2,1-2H3,(H,21,23)/t16-,17-/m1/s1. The van der Waals surface area contributed by atoms with Crippen LogP contribution in [0.15, 0.2) is 48.5 Å². The minimum atomic E-state index is 0.437. The van der Waals surface area contributed by atoms with Gasteiger partial charge in [-0.05, 0) is 56.1 Å². The summed E-state index contributed by atoms with van der Waals surface area (Å²) >= 11 is 5.45. The minimum absolute atomic E-state index is 0.437. The van der Waals surface area contributed by atoms with Crippen LogP contribution >= 0.6 is 12.2 Å². The fraction of sp³-hybridized carbons (Fsp3) is 0.263. The Bertz CT molecular complexity index is 888. The van der Waals surface area contributed by atoms with Gasteiger partial charge in [0.15, 0.2) is 4.77 Å². The first-order valence-electron chi connectivity index (χ1n) is 7.94. The molecule has 0 aliphatic heterocycles. The summed E-state index contributed by atoms with van der Waals surface area (Å²) in [5, 5.41) is 7.48. The highest BCUT2D eigenvalue weighted by Gasteiger charge is 2.43. The van der Waals surface area contributed by atoms with E-state index in [2.05, 4.69) is 77.1 Å². The van der Waals surface area contributed by atoms with Gasteiger partial charge in [-0.1, -0.05) is 47.5 Å². The van der Waals surface area contributed by atoms with Crippen molar-refractivity contribution in [1.29, 1.82) is 0 Å². The van der Waals surface area contributed by atoms with E-state index in [0.717, 1.165) is 17.9 Å². The second-order valence-corrected chi connectivity index (χ2v) is 6.80. The van der Waals surface area contributed by atoms with Crippen molar-refractivity contribution in [1.82, 2.24) is 14.8 Å². The number of aryl methyl sites for hydroxylation is 2. The smallest absolute Gasteiger partial charge is 0.199 e. The average molecular weight is 321 g/mol. The largest absolute Gasteiger partial charge is 0.272 e. The van der Waals surface area contributed by atoms with E-state index >= 15 is 0 Å². The first kappa shape index (κ1) is 14.4. The highest BCUT2D eigenvalue weighted by Crippen LogP contribution is 2.54. The average Bonchev–Trinajstić information content (AvgIpc) is 3.25. The zero-order valence-electron chi connectivity index (χ0n) is 13.3. The first-order chi connectivity index (χ1) is 11.1. The SMILES string of the molecule is Cc1ccc([C@H]2C[C@H]2c2n[nH]c(=S)n2-c2ccc(C)cc2)cc1. The molecule has 0 amide bonds. The van der Waals surface area contributed by atoms with Crippen LogP contribution in [-0.2, 0) is 0 Å². The molecule has 1 heterocycles. The van der Waals surface area contributed by atoms with Crippen LogP contribution in [0.3, 0.4) is 0 Å². The van der Waals surface area contributed by atoms with Gasteiger partial charge in [-0.2, -0.15) is 5.10 Å². The summed E-state index contributed by atoms with van der Waals surface area (Å²) < 4.78 is 2.74. The number of aromatic amines is 1. The Morgan fingerprint density at radius 1 is 0.957 bits per heavy atom. The summed E-state index contributed by atoms with van der Waals surface area (Å²) in [5.41, 5.74) is 5.02. The highest BCUT2D eigenvalue weighted by molar-refractivity contribution is 7.71. The lowest BCUT2D eigenvalue weighted by molar-refractivity contribution is 0.846. The number of rotatable bonds is 3. The van der Waals surface area contributed by atoms with Crippen LogP contribution < -0.4 is 0 Å². The van der Waals surface area contributed by atoms with Gasteiger partial charge in [-0.3, -0.25) is 9.67 Å². The van der Waals surface area contributed by atoms with Gasteiger partial charge in [0.25, 0.3) is 0 Å². The van der Waals surface area contributed by atoms with Crippen LogP contribution in [-0.4, -0.2) is 14.8 Å². The molecule has 1 N–H and O–H groups in total. The number of nitrogens with zero attached hydrogens (tertiary/aromatic N) is 2. The Morgan fingerprint density at radius 3 is 2.22 bits per heavy atom. The van der Waals surface area contributed by atoms with E-state index in [0.29, 0.717) is 16.6 Å². The lowest BCUT2D eigenvalue weighted by Gasteiger charge is -2.07. The third kappa shape index (κ3) is 2.63. The van der Waals surface area contributed by atoms with Crippen LogP contribution in [0, 0.1) is 18.6 Å². The fourth-order valence-electron chi connectivity index (χ4n) is 3.16. The van der Waals surface area contributed by atoms with Gasteiger partial charge in [-0.25, -0.2) is 0 Å². The topological polar surface area (TPSA) is 33.6 Å². The number of benzene rings is 2. The molecular formula is C19H19N3S. The summed E-state index contributed by atoms with van der Waals surface area (Å²) in [6.45, 7) is 4.21.